The topological polar surface area (TPSA) is 58.6 Å². The third-order valence-corrected chi connectivity index (χ3v) is 4.45. The number of carboxylic acid groups (broad SMARTS) is 1. The van der Waals surface area contributed by atoms with Crippen molar-refractivity contribution in [2.75, 3.05) is 13.2 Å². The summed E-state index contributed by atoms with van der Waals surface area (Å²) >= 11 is 4.77. The zero-order valence-electron chi connectivity index (χ0n) is 9.19. The fourth-order valence-electron chi connectivity index (χ4n) is 1.84. The molecule has 0 aromatic carbocycles. The van der Waals surface area contributed by atoms with Crippen LogP contribution >= 0.6 is 27.3 Å². The zero-order chi connectivity index (χ0) is 12.3. The van der Waals surface area contributed by atoms with E-state index < -0.39 is 12.0 Å². The van der Waals surface area contributed by atoms with E-state index in [2.05, 4.69) is 21.2 Å². The normalized spacial score (nSPS) is 21.6. The maximum atomic E-state index is 11.2. The molecule has 1 saturated heterocycles. The van der Waals surface area contributed by atoms with Crippen LogP contribution in [0.2, 0.25) is 0 Å². The molecule has 1 aliphatic rings. The van der Waals surface area contributed by atoms with Crippen molar-refractivity contribution in [1.29, 1.82) is 0 Å². The van der Waals surface area contributed by atoms with Gasteiger partial charge in [-0.25, -0.2) is 0 Å². The first-order valence-corrected chi connectivity index (χ1v) is 7.16. The summed E-state index contributed by atoms with van der Waals surface area (Å²) in [6.45, 7) is 1.38. The maximum Gasteiger partial charge on any atom is 0.326 e. The average molecular weight is 320 g/mol. The largest absolute Gasteiger partial charge is 0.480 e. The molecule has 0 spiro atoms. The first-order chi connectivity index (χ1) is 8.16. The van der Waals surface area contributed by atoms with Gasteiger partial charge in [-0.05, 0) is 34.8 Å². The van der Waals surface area contributed by atoms with Gasteiger partial charge in [-0.1, -0.05) is 0 Å². The van der Waals surface area contributed by atoms with E-state index in [1.165, 1.54) is 11.3 Å². The van der Waals surface area contributed by atoms with Gasteiger partial charge in [0.25, 0.3) is 0 Å². The lowest BCUT2D eigenvalue weighted by atomic mass is 10.2. The molecule has 17 heavy (non-hydrogen) atoms. The van der Waals surface area contributed by atoms with E-state index in [9.17, 15) is 9.90 Å². The smallest absolute Gasteiger partial charge is 0.326 e. The lowest BCUT2D eigenvalue weighted by molar-refractivity contribution is -0.139. The van der Waals surface area contributed by atoms with Gasteiger partial charge >= 0.3 is 5.97 Å². The van der Waals surface area contributed by atoms with Crippen LogP contribution in [0.5, 0.6) is 0 Å². The van der Waals surface area contributed by atoms with E-state index in [1.807, 2.05) is 11.4 Å². The molecule has 1 aromatic rings. The van der Waals surface area contributed by atoms with Gasteiger partial charge in [-0.2, -0.15) is 0 Å². The molecule has 0 amide bonds. The number of ether oxygens (including phenoxy) is 1. The molecule has 0 saturated carbocycles. The molecule has 2 heterocycles. The molecule has 0 radical (unpaired) electrons. The summed E-state index contributed by atoms with van der Waals surface area (Å²) in [6, 6.07) is 1.20. The van der Waals surface area contributed by atoms with Crippen LogP contribution in [0.4, 0.5) is 0 Å². The summed E-state index contributed by atoms with van der Waals surface area (Å²) in [4.78, 5) is 12.0. The van der Waals surface area contributed by atoms with Crippen LogP contribution in [-0.2, 0) is 9.53 Å². The van der Waals surface area contributed by atoms with Gasteiger partial charge in [0.15, 0.2) is 0 Å². The van der Waals surface area contributed by atoms with Gasteiger partial charge in [0.2, 0.25) is 0 Å². The fraction of sp³-hybridized carbons (Fsp3) is 0.545. The molecular weight excluding hydrogens is 306 g/mol. The summed E-state index contributed by atoms with van der Waals surface area (Å²) < 4.78 is 6.38. The molecule has 2 atom stereocenters. The highest BCUT2D eigenvalue weighted by Crippen LogP contribution is 2.26. The Morgan fingerprint density at radius 2 is 2.59 bits per heavy atom. The second-order valence-corrected chi connectivity index (χ2v) is 5.84. The van der Waals surface area contributed by atoms with Crippen molar-refractivity contribution in [3.63, 3.8) is 0 Å². The summed E-state index contributed by atoms with van der Waals surface area (Å²) in [5, 5.41) is 14.1. The molecule has 0 bridgehead atoms. The van der Waals surface area contributed by atoms with Crippen LogP contribution in [0.3, 0.4) is 0 Å². The zero-order valence-corrected chi connectivity index (χ0v) is 11.6. The molecule has 4 nitrogen and oxygen atoms in total. The van der Waals surface area contributed by atoms with E-state index in [4.69, 9.17) is 4.74 Å². The number of carboxylic acids is 1. The fourth-order valence-corrected chi connectivity index (χ4v) is 3.35. The van der Waals surface area contributed by atoms with Crippen LogP contribution in [0.25, 0.3) is 0 Å². The Kier molecular flexibility index (Phi) is 4.55. The molecule has 1 aromatic heterocycles. The first-order valence-electron chi connectivity index (χ1n) is 5.48. The van der Waals surface area contributed by atoms with Crippen LogP contribution in [-0.4, -0.2) is 30.3 Å². The highest BCUT2D eigenvalue weighted by molar-refractivity contribution is 9.10. The third kappa shape index (κ3) is 3.51. The van der Waals surface area contributed by atoms with Gasteiger partial charge < -0.3 is 9.84 Å². The average Bonchev–Trinajstić information content (AvgIpc) is 2.90. The summed E-state index contributed by atoms with van der Waals surface area (Å²) in [6.07, 6.45) is 2.22. The van der Waals surface area contributed by atoms with Crippen molar-refractivity contribution >= 4 is 33.2 Å². The molecule has 1 fully saturated rings. The Bertz CT molecular complexity index is 390. The summed E-state index contributed by atoms with van der Waals surface area (Å²) in [7, 11) is 0. The monoisotopic (exact) mass is 319 g/mol. The van der Waals surface area contributed by atoms with E-state index in [-0.39, 0.29) is 6.10 Å². The number of hydrogen-bond donors (Lipinski definition) is 2. The molecular formula is C11H14BrNO3S. The van der Waals surface area contributed by atoms with Gasteiger partial charge in [-0.3, -0.25) is 10.1 Å². The highest BCUT2D eigenvalue weighted by atomic mass is 79.9. The lowest BCUT2D eigenvalue weighted by Gasteiger charge is -2.16. The summed E-state index contributed by atoms with van der Waals surface area (Å²) in [5.74, 6) is -0.850. The van der Waals surface area contributed by atoms with Gasteiger partial charge in [0.05, 0.1) is 6.10 Å². The van der Waals surface area contributed by atoms with E-state index >= 15 is 0 Å². The standard InChI is InChI=1S/C11H14BrNO3S/c12-7-4-9(17-6-7)10(11(14)15)13-5-8-2-1-3-16-8/h4,6,8,10,13H,1-3,5H2,(H,14,15)/t8-,10-/m1/s1. The second-order valence-electron chi connectivity index (χ2n) is 3.98. The van der Waals surface area contributed by atoms with Crippen molar-refractivity contribution in [3.05, 3.63) is 20.8 Å². The van der Waals surface area contributed by atoms with E-state index in [0.29, 0.717) is 6.54 Å². The Balaban J connectivity index is 1.95. The number of hydrogen-bond acceptors (Lipinski definition) is 4. The van der Waals surface area contributed by atoms with E-state index in [0.717, 1.165) is 28.8 Å². The first kappa shape index (κ1) is 13.0. The van der Waals surface area contributed by atoms with Crippen molar-refractivity contribution in [2.24, 2.45) is 0 Å². The molecule has 2 rings (SSSR count). The van der Waals surface area contributed by atoms with Gasteiger partial charge in [-0.15, -0.1) is 11.3 Å². The minimum absolute atomic E-state index is 0.153. The van der Waals surface area contributed by atoms with Crippen molar-refractivity contribution in [3.8, 4) is 0 Å². The van der Waals surface area contributed by atoms with E-state index in [1.54, 1.807) is 0 Å². The number of carbonyl (C=O) groups is 1. The Morgan fingerprint density at radius 3 is 3.12 bits per heavy atom. The molecule has 1 aliphatic heterocycles. The molecule has 0 aliphatic carbocycles. The van der Waals surface area contributed by atoms with Gasteiger partial charge in [0, 0.05) is 27.9 Å². The SMILES string of the molecule is O=C(O)[C@H](NC[C@H]1CCCO1)c1cc(Br)cs1. The Hall–Kier alpha value is -0.430. The number of nitrogens with one attached hydrogen (secondary N) is 1. The van der Waals surface area contributed by atoms with Crippen molar-refractivity contribution < 1.29 is 14.6 Å². The number of aliphatic carboxylic acids is 1. The van der Waals surface area contributed by atoms with Crippen molar-refractivity contribution in [2.45, 2.75) is 25.0 Å². The molecule has 6 heteroatoms. The Labute approximate surface area is 112 Å². The second kappa shape index (κ2) is 5.95. The number of thiophene rings is 1. The molecule has 2 N–H and O–H groups in total. The maximum absolute atomic E-state index is 11.2. The van der Waals surface area contributed by atoms with Crippen LogP contribution < -0.4 is 5.32 Å². The number of rotatable bonds is 5. The molecule has 0 unspecified atom stereocenters. The predicted octanol–water partition coefficient (Wildman–Crippen LogP) is 2.40. The Morgan fingerprint density at radius 1 is 1.76 bits per heavy atom. The summed E-state index contributed by atoms with van der Waals surface area (Å²) in [5.41, 5.74) is 0. The predicted molar refractivity (Wildman–Crippen MR) is 69.4 cm³/mol. The lowest BCUT2D eigenvalue weighted by Crippen LogP contribution is -2.33. The number of halogens is 1. The van der Waals surface area contributed by atoms with Crippen LogP contribution in [0, 0.1) is 0 Å². The van der Waals surface area contributed by atoms with Crippen LogP contribution in [0.1, 0.15) is 23.8 Å². The molecule has 94 valence electrons. The minimum atomic E-state index is -0.850. The van der Waals surface area contributed by atoms with Gasteiger partial charge in [0.1, 0.15) is 6.04 Å². The van der Waals surface area contributed by atoms with Crippen LogP contribution in [0.15, 0.2) is 15.9 Å². The highest BCUT2D eigenvalue weighted by Gasteiger charge is 2.23. The minimum Gasteiger partial charge on any atom is -0.480 e. The third-order valence-electron chi connectivity index (χ3n) is 2.69. The van der Waals surface area contributed by atoms with Crippen molar-refractivity contribution in [1.82, 2.24) is 5.32 Å². The quantitative estimate of drug-likeness (QED) is 0.875.